The van der Waals surface area contributed by atoms with Crippen molar-refractivity contribution in [3.8, 4) is 0 Å². The van der Waals surface area contributed by atoms with Crippen LogP contribution in [0.4, 0.5) is 9.59 Å². The Morgan fingerprint density at radius 2 is 0.821 bits per heavy atom. The number of aliphatic hydroxyl groups excluding tert-OH is 1. The lowest BCUT2D eigenvalue weighted by Gasteiger charge is -2.37. The van der Waals surface area contributed by atoms with Crippen LogP contribution in [0.15, 0.2) is 121 Å². The molecular weight excluding hydrogens is 709 g/mol. The zero-order valence-electron chi connectivity index (χ0n) is 31.6. The van der Waals surface area contributed by atoms with E-state index in [-0.39, 0.29) is 37.9 Å². The zero-order chi connectivity index (χ0) is 39.1. The van der Waals surface area contributed by atoms with E-state index in [0.29, 0.717) is 0 Å². The number of carbonyl (C=O) groups is 4. The Kier molecular flexibility index (Phi) is 14.5. The summed E-state index contributed by atoms with van der Waals surface area (Å²) in [6.07, 6.45) is 2.75. The molecule has 4 amide bonds. The molecule has 4 atom stereocenters. The van der Waals surface area contributed by atoms with Crippen LogP contribution in [-0.4, -0.2) is 59.4 Å². The lowest BCUT2D eigenvalue weighted by Crippen LogP contribution is -2.62. The summed E-state index contributed by atoms with van der Waals surface area (Å²) in [7, 11) is 0. The predicted molar refractivity (Wildman–Crippen MR) is 212 cm³/mol. The van der Waals surface area contributed by atoms with E-state index in [2.05, 4.69) is 21.3 Å². The van der Waals surface area contributed by atoms with Crippen molar-refractivity contribution >= 4 is 24.0 Å². The van der Waals surface area contributed by atoms with Gasteiger partial charge in [-0.3, -0.25) is 9.59 Å². The molecule has 0 spiro atoms. The number of amides is 4. The highest BCUT2D eigenvalue weighted by Gasteiger charge is 2.40. The summed E-state index contributed by atoms with van der Waals surface area (Å²) in [5.74, 6) is -1.06. The number of nitrogens with one attached hydrogen (secondary N) is 4. The number of carbonyl (C=O) groups excluding carboxylic acids is 4. The van der Waals surface area contributed by atoms with Crippen molar-refractivity contribution in [3.05, 3.63) is 144 Å². The minimum absolute atomic E-state index is 0.0589. The number of aliphatic hydroxyl groups is 1. The molecule has 0 saturated heterocycles. The summed E-state index contributed by atoms with van der Waals surface area (Å²) in [4.78, 5) is 54.4. The molecule has 2 unspecified atom stereocenters. The number of rotatable bonds is 18. The molecule has 6 rings (SSSR count). The summed E-state index contributed by atoms with van der Waals surface area (Å²) >= 11 is 0. The Hall–Kier alpha value is -5.68. The first-order chi connectivity index (χ1) is 27.3. The standard InChI is InChI=1S/C45H52N4O7/c50-41(37(27-31-15-5-1-6-16-31)46-42(51)39(35-23-13-24-35)48-44(53)55-29-33-19-9-3-10-20-33)38(28-32-17-7-2-8-18-32)47-43(52)40(36-25-14-26-36)49-45(54)56-30-34-21-11-4-12-22-34/h1-12,15-22,35-41,50H,13-14,23-30H2,(H,46,51)(H,47,52)(H,48,53)(H,49,54)/t37-,38-,39?,40?,41?/m0/s1. The van der Waals surface area contributed by atoms with Gasteiger partial charge in [0.15, 0.2) is 0 Å². The van der Waals surface area contributed by atoms with Gasteiger partial charge in [-0.2, -0.15) is 0 Å². The highest BCUT2D eigenvalue weighted by atomic mass is 16.6. The van der Waals surface area contributed by atoms with Crippen LogP contribution in [0, 0.1) is 11.8 Å². The van der Waals surface area contributed by atoms with Gasteiger partial charge in [0.1, 0.15) is 25.3 Å². The summed E-state index contributed by atoms with van der Waals surface area (Å²) in [6, 6.07) is 34.1. The monoisotopic (exact) mass is 760 g/mol. The minimum Gasteiger partial charge on any atom is -0.445 e. The molecule has 4 aromatic carbocycles. The van der Waals surface area contributed by atoms with Crippen LogP contribution in [0.2, 0.25) is 0 Å². The second kappa shape index (κ2) is 20.3. The number of hydrogen-bond acceptors (Lipinski definition) is 7. The third-order valence-corrected chi connectivity index (χ3v) is 10.9. The van der Waals surface area contributed by atoms with Gasteiger partial charge in [0.25, 0.3) is 0 Å². The Morgan fingerprint density at radius 3 is 1.12 bits per heavy atom. The van der Waals surface area contributed by atoms with Crippen LogP contribution in [-0.2, 0) is 45.1 Å². The summed E-state index contributed by atoms with van der Waals surface area (Å²) in [5.41, 5.74) is 3.38. The second-order valence-corrected chi connectivity index (χ2v) is 14.8. The quantitative estimate of drug-likeness (QED) is 0.0835. The fourth-order valence-electron chi connectivity index (χ4n) is 7.20. The third kappa shape index (κ3) is 11.7. The molecule has 0 aliphatic heterocycles. The first kappa shape index (κ1) is 40.0. The number of benzene rings is 4. The molecule has 0 heterocycles. The van der Waals surface area contributed by atoms with E-state index in [0.717, 1.165) is 60.8 Å². The SMILES string of the molecule is O=C(NC(C(=O)N[C@@H](Cc1ccccc1)C(O)[C@H](Cc1ccccc1)NC(=O)C(NC(=O)OCc1ccccc1)C1CCC1)C1CCC1)OCc1ccccc1. The lowest BCUT2D eigenvalue weighted by molar-refractivity contribution is -0.128. The molecular formula is C45H52N4O7. The van der Waals surface area contributed by atoms with Crippen molar-refractivity contribution in [3.63, 3.8) is 0 Å². The highest BCUT2D eigenvalue weighted by Crippen LogP contribution is 2.31. The maximum atomic E-state index is 14.2. The van der Waals surface area contributed by atoms with Gasteiger partial charge in [-0.15, -0.1) is 0 Å². The zero-order valence-corrected chi connectivity index (χ0v) is 31.6. The molecule has 2 aliphatic rings. The molecule has 4 aromatic rings. The van der Waals surface area contributed by atoms with E-state index in [1.54, 1.807) is 0 Å². The van der Waals surface area contributed by atoms with Crippen LogP contribution in [0.3, 0.4) is 0 Å². The number of ether oxygens (including phenoxy) is 2. The van der Waals surface area contributed by atoms with E-state index in [1.165, 1.54) is 0 Å². The fraction of sp³-hybridized carbons (Fsp3) is 0.378. The van der Waals surface area contributed by atoms with Gasteiger partial charge in [-0.05, 0) is 72.6 Å². The Balaban J connectivity index is 1.20. The molecule has 11 nitrogen and oxygen atoms in total. The number of hydrogen-bond donors (Lipinski definition) is 5. The largest absolute Gasteiger partial charge is 0.445 e. The molecule has 2 saturated carbocycles. The molecule has 11 heteroatoms. The molecule has 294 valence electrons. The highest BCUT2D eigenvalue weighted by molar-refractivity contribution is 5.87. The van der Waals surface area contributed by atoms with E-state index in [4.69, 9.17) is 9.47 Å². The first-order valence-corrected chi connectivity index (χ1v) is 19.6. The molecule has 56 heavy (non-hydrogen) atoms. The average Bonchev–Trinajstić information content (AvgIpc) is 3.18. The molecule has 5 N–H and O–H groups in total. The van der Waals surface area contributed by atoms with Gasteiger partial charge in [0.2, 0.25) is 11.8 Å². The van der Waals surface area contributed by atoms with Gasteiger partial charge in [0, 0.05) is 0 Å². The number of alkyl carbamates (subject to hydrolysis) is 2. The van der Waals surface area contributed by atoms with E-state index >= 15 is 0 Å². The molecule has 2 aliphatic carbocycles. The van der Waals surface area contributed by atoms with Gasteiger partial charge < -0.3 is 35.8 Å². The normalized spacial score (nSPS) is 16.7. The Bertz CT molecular complexity index is 1700. The predicted octanol–water partition coefficient (Wildman–Crippen LogP) is 5.99. The summed E-state index contributed by atoms with van der Waals surface area (Å²) in [6.45, 7) is 0.118. The van der Waals surface area contributed by atoms with Crippen molar-refractivity contribution in [2.45, 2.75) is 94.9 Å². The second-order valence-electron chi connectivity index (χ2n) is 14.8. The topological polar surface area (TPSA) is 155 Å². The van der Waals surface area contributed by atoms with E-state index in [1.807, 2.05) is 121 Å². The van der Waals surface area contributed by atoms with Crippen molar-refractivity contribution in [2.75, 3.05) is 0 Å². The van der Waals surface area contributed by atoms with Crippen LogP contribution in [0.1, 0.15) is 60.8 Å². The fourth-order valence-corrected chi connectivity index (χ4v) is 7.20. The molecule has 0 aromatic heterocycles. The maximum absolute atomic E-state index is 14.2. The van der Waals surface area contributed by atoms with Crippen LogP contribution in [0.5, 0.6) is 0 Å². The van der Waals surface area contributed by atoms with Crippen molar-refractivity contribution in [1.82, 2.24) is 21.3 Å². The molecule has 0 radical (unpaired) electrons. The maximum Gasteiger partial charge on any atom is 0.408 e. The average molecular weight is 761 g/mol. The summed E-state index contributed by atoms with van der Waals surface area (Å²) < 4.78 is 11.0. The van der Waals surface area contributed by atoms with Crippen LogP contribution in [0.25, 0.3) is 0 Å². The van der Waals surface area contributed by atoms with Crippen molar-refractivity contribution in [2.24, 2.45) is 11.8 Å². The van der Waals surface area contributed by atoms with E-state index in [9.17, 15) is 24.3 Å². The van der Waals surface area contributed by atoms with Crippen molar-refractivity contribution in [1.29, 1.82) is 0 Å². The van der Waals surface area contributed by atoms with Crippen LogP contribution >= 0.6 is 0 Å². The third-order valence-electron chi connectivity index (χ3n) is 10.9. The molecule has 0 bridgehead atoms. The minimum atomic E-state index is -1.28. The van der Waals surface area contributed by atoms with Gasteiger partial charge in [-0.1, -0.05) is 134 Å². The Morgan fingerprint density at radius 1 is 0.500 bits per heavy atom. The smallest absolute Gasteiger partial charge is 0.408 e. The van der Waals surface area contributed by atoms with Gasteiger partial charge in [-0.25, -0.2) is 9.59 Å². The van der Waals surface area contributed by atoms with Crippen LogP contribution < -0.4 is 21.3 Å². The lowest BCUT2D eigenvalue weighted by atomic mass is 9.79. The van der Waals surface area contributed by atoms with Gasteiger partial charge in [0.05, 0.1) is 18.2 Å². The van der Waals surface area contributed by atoms with E-state index < -0.39 is 54.3 Å². The summed E-state index contributed by atoms with van der Waals surface area (Å²) in [5, 5.41) is 24.0. The van der Waals surface area contributed by atoms with Crippen molar-refractivity contribution < 1.29 is 33.8 Å². The molecule has 2 fully saturated rings. The first-order valence-electron chi connectivity index (χ1n) is 19.6. The van der Waals surface area contributed by atoms with Gasteiger partial charge >= 0.3 is 12.2 Å². The Labute approximate surface area is 328 Å².